The van der Waals surface area contributed by atoms with Crippen LogP contribution in [0.5, 0.6) is 0 Å². The molecule has 2 fully saturated rings. The molecule has 0 bridgehead atoms. The molecule has 1 atom stereocenters. The minimum absolute atomic E-state index is 0.0211. The molecule has 0 spiro atoms. The number of sulfonamides is 1. The van der Waals surface area contributed by atoms with Gasteiger partial charge in [-0.2, -0.15) is 4.31 Å². The van der Waals surface area contributed by atoms with Gasteiger partial charge in [0.1, 0.15) is 9.77 Å². The molecule has 1 aromatic heterocycles. The molecule has 7 nitrogen and oxygen atoms in total. The number of hydrogen-bond donors (Lipinski definition) is 1. The van der Waals surface area contributed by atoms with Crippen LogP contribution in [0.4, 0.5) is 0 Å². The lowest BCUT2D eigenvalue weighted by molar-refractivity contribution is 0.0942. The zero-order chi connectivity index (χ0) is 17.4. The Kier molecular flexibility index (Phi) is 5.01. The van der Waals surface area contributed by atoms with Gasteiger partial charge in [-0.1, -0.05) is 6.42 Å². The summed E-state index contributed by atoms with van der Waals surface area (Å²) in [4.78, 5) is 12.6. The molecule has 3 rings (SSSR count). The van der Waals surface area contributed by atoms with Crippen LogP contribution in [0.2, 0.25) is 0 Å². The van der Waals surface area contributed by atoms with Gasteiger partial charge in [-0.25, -0.2) is 16.8 Å². The first-order valence-corrected chi connectivity index (χ1v) is 12.0. The monoisotopic (exact) mass is 392 g/mol. The topological polar surface area (TPSA) is 101 Å². The van der Waals surface area contributed by atoms with Crippen LogP contribution in [0, 0.1) is 0 Å². The summed E-state index contributed by atoms with van der Waals surface area (Å²) < 4.78 is 49.9. The third-order valence-corrected chi connectivity index (χ3v) is 9.09. The molecular formula is C14H20N2O5S3. The predicted molar refractivity (Wildman–Crippen MR) is 91.5 cm³/mol. The van der Waals surface area contributed by atoms with Gasteiger partial charge in [0, 0.05) is 19.1 Å². The number of carbonyl (C=O) groups excluding carboxylic acids is 1. The van der Waals surface area contributed by atoms with Crippen molar-refractivity contribution in [2.75, 3.05) is 24.6 Å². The molecule has 2 saturated heterocycles. The predicted octanol–water partition coefficient (Wildman–Crippen LogP) is 0.840. The fraction of sp³-hybridized carbons (Fsp3) is 0.643. The smallest absolute Gasteiger partial charge is 0.262 e. The van der Waals surface area contributed by atoms with E-state index in [-0.39, 0.29) is 21.3 Å². The molecule has 24 heavy (non-hydrogen) atoms. The quantitative estimate of drug-likeness (QED) is 0.818. The molecule has 10 heteroatoms. The summed E-state index contributed by atoms with van der Waals surface area (Å²) >= 11 is 1.06. The van der Waals surface area contributed by atoms with Crippen LogP contribution in [0.15, 0.2) is 16.3 Å². The molecule has 0 saturated carbocycles. The maximum absolute atomic E-state index is 12.8. The Morgan fingerprint density at radius 3 is 2.58 bits per heavy atom. The second-order valence-corrected chi connectivity index (χ2v) is 11.2. The number of thiophene rings is 1. The van der Waals surface area contributed by atoms with E-state index >= 15 is 0 Å². The molecule has 1 amide bonds. The Balaban J connectivity index is 1.78. The molecule has 0 aromatic carbocycles. The summed E-state index contributed by atoms with van der Waals surface area (Å²) in [5.74, 6) is -0.540. The van der Waals surface area contributed by atoms with E-state index in [9.17, 15) is 21.6 Å². The molecule has 0 unspecified atom stereocenters. The van der Waals surface area contributed by atoms with Gasteiger partial charge in [0.25, 0.3) is 5.91 Å². The highest BCUT2D eigenvalue weighted by Crippen LogP contribution is 2.27. The first kappa shape index (κ1) is 17.8. The van der Waals surface area contributed by atoms with Crippen LogP contribution in [0.3, 0.4) is 0 Å². The van der Waals surface area contributed by atoms with Crippen molar-refractivity contribution >= 4 is 37.1 Å². The van der Waals surface area contributed by atoms with Crippen LogP contribution < -0.4 is 5.32 Å². The number of nitrogens with zero attached hydrogens (tertiary/aromatic N) is 1. The van der Waals surface area contributed by atoms with Crippen molar-refractivity contribution in [1.29, 1.82) is 0 Å². The number of sulfone groups is 1. The van der Waals surface area contributed by atoms with Crippen molar-refractivity contribution in [3.8, 4) is 0 Å². The molecule has 1 N–H and O–H groups in total. The van der Waals surface area contributed by atoms with Gasteiger partial charge in [0.2, 0.25) is 10.0 Å². The molecule has 0 radical (unpaired) electrons. The standard InChI is InChI=1S/C14H20N2O5S3/c17-14(15-11-5-9-23(18,19)10-11)13-12(4-8-22-13)24(20,21)16-6-2-1-3-7-16/h4,8,11H,1-3,5-7,9-10H2,(H,15,17)/t11-/m1/s1. The van der Waals surface area contributed by atoms with Gasteiger partial charge >= 0.3 is 0 Å². The Labute approximate surface area is 146 Å². The molecule has 2 aliphatic rings. The lowest BCUT2D eigenvalue weighted by Crippen LogP contribution is -2.38. The van der Waals surface area contributed by atoms with Crippen molar-refractivity contribution in [1.82, 2.24) is 9.62 Å². The zero-order valence-corrected chi connectivity index (χ0v) is 15.6. The molecule has 1 aromatic rings. The Morgan fingerprint density at radius 1 is 1.25 bits per heavy atom. The minimum Gasteiger partial charge on any atom is -0.348 e. The molecule has 2 aliphatic heterocycles. The highest BCUT2D eigenvalue weighted by molar-refractivity contribution is 7.91. The van der Waals surface area contributed by atoms with Crippen molar-refractivity contribution < 1.29 is 21.6 Å². The van der Waals surface area contributed by atoms with Gasteiger partial charge in [-0.05, 0) is 30.7 Å². The van der Waals surface area contributed by atoms with Gasteiger partial charge in [-0.15, -0.1) is 11.3 Å². The largest absolute Gasteiger partial charge is 0.348 e. The summed E-state index contributed by atoms with van der Waals surface area (Å²) in [5.41, 5.74) is 0. The number of nitrogens with one attached hydrogen (secondary N) is 1. The van der Waals surface area contributed by atoms with E-state index in [1.807, 2.05) is 0 Å². The molecule has 3 heterocycles. The Morgan fingerprint density at radius 2 is 1.96 bits per heavy atom. The second-order valence-electron chi connectivity index (χ2n) is 6.15. The molecular weight excluding hydrogens is 372 g/mol. The van der Waals surface area contributed by atoms with E-state index in [4.69, 9.17) is 0 Å². The molecule has 0 aliphatic carbocycles. The normalized spacial score (nSPS) is 24.8. The van der Waals surface area contributed by atoms with Crippen LogP contribution in [0.25, 0.3) is 0 Å². The summed E-state index contributed by atoms with van der Waals surface area (Å²) in [6, 6.07) is 1.00. The summed E-state index contributed by atoms with van der Waals surface area (Å²) in [6.07, 6.45) is 3.03. The van der Waals surface area contributed by atoms with Crippen molar-refractivity contribution in [3.63, 3.8) is 0 Å². The second kappa shape index (κ2) is 6.74. The fourth-order valence-electron chi connectivity index (χ4n) is 3.07. The average molecular weight is 393 g/mol. The maximum atomic E-state index is 12.8. The van der Waals surface area contributed by atoms with Crippen molar-refractivity contribution in [2.45, 2.75) is 36.6 Å². The van der Waals surface area contributed by atoms with Crippen LogP contribution in [-0.4, -0.2) is 57.7 Å². The van der Waals surface area contributed by atoms with Crippen molar-refractivity contribution in [3.05, 3.63) is 16.3 Å². The van der Waals surface area contributed by atoms with E-state index in [1.165, 1.54) is 10.4 Å². The van der Waals surface area contributed by atoms with Crippen molar-refractivity contribution in [2.24, 2.45) is 0 Å². The number of carbonyl (C=O) groups is 1. The number of piperidine rings is 1. The third kappa shape index (κ3) is 3.66. The highest BCUT2D eigenvalue weighted by Gasteiger charge is 2.33. The lowest BCUT2D eigenvalue weighted by Gasteiger charge is -2.25. The zero-order valence-electron chi connectivity index (χ0n) is 13.1. The van der Waals surface area contributed by atoms with Gasteiger partial charge in [0.15, 0.2) is 9.84 Å². The SMILES string of the molecule is O=C(N[C@@H]1CCS(=O)(=O)C1)c1sccc1S(=O)(=O)N1CCCCC1. The average Bonchev–Trinajstić information content (AvgIpc) is 3.15. The van der Waals surface area contributed by atoms with E-state index in [0.717, 1.165) is 30.6 Å². The van der Waals surface area contributed by atoms with Crippen LogP contribution >= 0.6 is 11.3 Å². The lowest BCUT2D eigenvalue weighted by atomic mass is 10.2. The first-order valence-electron chi connectivity index (χ1n) is 7.88. The van der Waals surface area contributed by atoms with Gasteiger partial charge in [0.05, 0.1) is 11.5 Å². The number of hydrogen-bond acceptors (Lipinski definition) is 6. The fourth-order valence-corrected chi connectivity index (χ4v) is 7.56. The summed E-state index contributed by atoms with van der Waals surface area (Å²) in [5, 5.41) is 4.24. The van der Waals surface area contributed by atoms with E-state index in [0.29, 0.717) is 19.5 Å². The van der Waals surface area contributed by atoms with Gasteiger partial charge in [-0.3, -0.25) is 4.79 Å². The first-order chi connectivity index (χ1) is 11.3. The minimum atomic E-state index is -3.69. The third-order valence-electron chi connectivity index (χ3n) is 4.34. The van der Waals surface area contributed by atoms with Crippen LogP contribution in [-0.2, 0) is 19.9 Å². The summed E-state index contributed by atoms with van der Waals surface area (Å²) in [7, 11) is -6.79. The number of amides is 1. The Bertz CT molecular complexity index is 822. The molecule has 134 valence electrons. The van der Waals surface area contributed by atoms with Gasteiger partial charge < -0.3 is 5.32 Å². The van der Waals surface area contributed by atoms with E-state index < -0.39 is 31.8 Å². The van der Waals surface area contributed by atoms with E-state index in [1.54, 1.807) is 5.38 Å². The summed E-state index contributed by atoms with van der Waals surface area (Å²) in [6.45, 7) is 0.945. The Hall–Kier alpha value is -0.970. The van der Waals surface area contributed by atoms with Crippen LogP contribution in [0.1, 0.15) is 35.4 Å². The van der Waals surface area contributed by atoms with E-state index in [2.05, 4.69) is 5.32 Å². The number of rotatable bonds is 4. The maximum Gasteiger partial charge on any atom is 0.262 e. The highest BCUT2D eigenvalue weighted by atomic mass is 32.2.